The van der Waals surface area contributed by atoms with Gasteiger partial charge < -0.3 is 10.2 Å². The molecule has 2 rings (SSSR count). The molecule has 0 saturated carbocycles. The third-order valence-corrected chi connectivity index (χ3v) is 3.96. The van der Waals surface area contributed by atoms with E-state index in [1.165, 1.54) is 24.3 Å². The van der Waals surface area contributed by atoms with Crippen molar-refractivity contribution >= 4 is 16.2 Å². The minimum Gasteiger partial charge on any atom is -0.508 e. The second kappa shape index (κ2) is 5.84. The predicted octanol–water partition coefficient (Wildman–Crippen LogP) is 1.72. The summed E-state index contributed by atoms with van der Waals surface area (Å²) in [6.07, 6.45) is 1.15. The average Bonchev–Trinajstić information content (AvgIpc) is 2.41. The Labute approximate surface area is 122 Å². The average molecular weight is 306 g/mol. The van der Waals surface area contributed by atoms with Crippen LogP contribution in [-0.2, 0) is 10.0 Å². The Morgan fingerprint density at radius 2 is 1.76 bits per heavy atom. The molecule has 2 aromatic carbocycles. The summed E-state index contributed by atoms with van der Waals surface area (Å²) in [7, 11) is -3.75. The van der Waals surface area contributed by atoms with Crippen molar-refractivity contribution in [1.82, 2.24) is 4.83 Å². The predicted molar refractivity (Wildman–Crippen MR) is 78.9 cm³/mol. The minimum atomic E-state index is -3.75. The maximum atomic E-state index is 11.9. The van der Waals surface area contributed by atoms with E-state index >= 15 is 0 Å². The third-order valence-electron chi connectivity index (χ3n) is 2.72. The summed E-state index contributed by atoms with van der Waals surface area (Å²) in [6.45, 7) is 1.86. The number of benzene rings is 2. The summed E-state index contributed by atoms with van der Waals surface area (Å²) in [4.78, 5) is 2.15. The van der Waals surface area contributed by atoms with Gasteiger partial charge in [-0.25, -0.2) is 4.83 Å². The van der Waals surface area contributed by atoms with Gasteiger partial charge in [-0.05, 0) is 31.2 Å². The Morgan fingerprint density at radius 3 is 2.38 bits per heavy atom. The van der Waals surface area contributed by atoms with Gasteiger partial charge in [0.25, 0.3) is 10.0 Å². The fourth-order valence-electron chi connectivity index (χ4n) is 1.58. The Hall–Kier alpha value is -2.54. The van der Waals surface area contributed by atoms with E-state index < -0.39 is 10.0 Å². The molecular weight excluding hydrogens is 292 g/mol. The summed E-state index contributed by atoms with van der Waals surface area (Å²) >= 11 is 0. The van der Waals surface area contributed by atoms with E-state index in [2.05, 4.69) is 9.93 Å². The number of phenolic OH excluding ortho intramolecular Hbond substituents is 2. The van der Waals surface area contributed by atoms with E-state index in [9.17, 15) is 13.5 Å². The van der Waals surface area contributed by atoms with Gasteiger partial charge in [-0.15, -0.1) is 0 Å². The van der Waals surface area contributed by atoms with Crippen molar-refractivity contribution in [1.29, 1.82) is 0 Å². The quantitative estimate of drug-likeness (QED) is 0.591. The van der Waals surface area contributed by atoms with Crippen LogP contribution in [-0.4, -0.2) is 24.8 Å². The van der Waals surface area contributed by atoms with Crippen LogP contribution < -0.4 is 4.83 Å². The number of hydrogen-bond acceptors (Lipinski definition) is 5. The van der Waals surface area contributed by atoms with Crippen molar-refractivity contribution in [2.75, 3.05) is 0 Å². The minimum absolute atomic E-state index is 0.0927. The zero-order valence-corrected chi connectivity index (χ0v) is 12.0. The van der Waals surface area contributed by atoms with E-state index in [0.717, 1.165) is 17.8 Å². The summed E-state index contributed by atoms with van der Waals surface area (Å²) in [5.41, 5.74) is 1.23. The van der Waals surface area contributed by atoms with Crippen LogP contribution in [0.15, 0.2) is 52.5 Å². The van der Waals surface area contributed by atoms with Crippen LogP contribution in [0.25, 0.3) is 0 Å². The number of aromatic hydroxyl groups is 2. The molecular formula is C14H14N2O4S. The molecule has 6 nitrogen and oxygen atoms in total. The molecule has 0 radical (unpaired) electrons. The number of hydrogen-bond donors (Lipinski definition) is 3. The van der Waals surface area contributed by atoms with Crippen molar-refractivity contribution in [2.24, 2.45) is 5.10 Å². The van der Waals surface area contributed by atoms with Crippen LogP contribution in [0.5, 0.6) is 11.5 Å². The Balaban J connectivity index is 2.14. The highest BCUT2D eigenvalue weighted by molar-refractivity contribution is 7.89. The largest absolute Gasteiger partial charge is 0.508 e. The number of hydrazone groups is 1. The molecule has 0 aliphatic rings. The van der Waals surface area contributed by atoms with Gasteiger partial charge in [-0.1, -0.05) is 17.7 Å². The maximum Gasteiger partial charge on any atom is 0.276 e. The lowest BCUT2D eigenvalue weighted by Crippen LogP contribution is -2.18. The molecule has 0 unspecified atom stereocenters. The van der Waals surface area contributed by atoms with Gasteiger partial charge in [-0.2, -0.15) is 13.5 Å². The molecule has 0 heterocycles. The zero-order valence-electron chi connectivity index (χ0n) is 11.2. The topological polar surface area (TPSA) is 99.0 Å². The lowest BCUT2D eigenvalue weighted by molar-refractivity contribution is 0.450. The van der Waals surface area contributed by atoms with Crippen molar-refractivity contribution < 1.29 is 18.6 Å². The van der Waals surface area contributed by atoms with Gasteiger partial charge in [0.05, 0.1) is 11.1 Å². The number of rotatable bonds is 4. The van der Waals surface area contributed by atoms with E-state index in [0.29, 0.717) is 0 Å². The number of nitrogens with zero attached hydrogens (tertiary/aromatic N) is 1. The van der Waals surface area contributed by atoms with E-state index in [4.69, 9.17) is 5.11 Å². The van der Waals surface area contributed by atoms with Crippen molar-refractivity contribution in [3.63, 3.8) is 0 Å². The first kappa shape index (κ1) is 14.9. The van der Waals surface area contributed by atoms with Crippen LogP contribution in [0.4, 0.5) is 0 Å². The summed E-state index contributed by atoms with van der Waals surface area (Å²) < 4.78 is 23.9. The third kappa shape index (κ3) is 3.73. The number of phenols is 2. The molecule has 0 fully saturated rings. The molecule has 0 aromatic heterocycles. The smallest absolute Gasteiger partial charge is 0.276 e. The van der Waals surface area contributed by atoms with Gasteiger partial charge >= 0.3 is 0 Å². The fourth-order valence-corrected chi connectivity index (χ4v) is 2.37. The first-order valence-electron chi connectivity index (χ1n) is 6.02. The number of aryl methyl sites for hydroxylation is 1. The van der Waals surface area contributed by atoms with Gasteiger partial charge in [0.15, 0.2) is 0 Å². The molecule has 0 atom stereocenters. The van der Waals surface area contributed by atoms with Crippen LogP contribution in [0.3, 0.4) is 0 Å². The molecule has 0 spiro atoms. The van der Waals surface area contributed by atoms with Crippen molar-refractivity contribution in [2.45, 2.75) is 11.8 Å². The van der Waals surface area contributed by atoms with Crippen LogP contribution in [0.1, 0.15) is 11.1 Å². The molecule has 0 aliphatic carbocycles. The standard InChI is InChI=1S/C14H14N2O4S/c1-10-2-6-13(7-3-10)21(19,20)16-15-9-11-4-5-12(17)8-14(11)18/h2-9,16-18H,1H3. The summed E-state index contributed by atoms with van der Waals surface area (Å²) in [6, 6.07) is 10.2. The lowest BCUT2D eigenvalue weighted by atomic mass is 10.2. The Kier molecular flexibility index (Phi) is 4.13. The highest BCUT2D eigenvalue weighted by Crippen LogP contribution is 2.20. The normalized spacial score (nSPS) is 11.7. The summed E-state index contributed by atoms with van der Waals surface area (Å²) in [5, 5.41) is 22.3. The van der Waals surface area contributed by atoms with Gasteiger partial charge in [0.1, 0.15) is 11.5 Å². The monoisotopic (exact) mass is 306 g/mol. The highest BCUT2D eigenvalue weighted by atomic mass is 32.2. The Morgan fingerprint density at radius 1 is 1.10 bits per heavy atom. The van der Waals surface area contributed by atoms with Gasteiger partial charge in [0, 0.05) is 11.6 Å². The van der Waals surface area contributed by atoms with E-state index in [1.54, 1.807) is 12.1 Å². The molecule has 3 N–H and O–H groups in total. The molecule has 21 heavy (non-hydrogen) atoms. The summed E-state index contributed by atoms with van der Waals surface area (Å²) in [5.74, 6) is -0.293. The second-order valence-corrected chi connectivity index (χ2v) is 6.07. The van der Waals surface area contributed by atoms with Crippen LogP contribution in [0.2, 0.25) is 0 Å². The Bertz CT molecular complexity index is 768. The van der Waals surface area contributed by atoms with Gasteiger partial charge in [0.2, 0.25) is 0 Å². The molecule has 0 bridgehead atoms. The van der Waals surface area contributed by atoms with Gasteiger partial charge in [-0.3, -0.25) is 0 Å². The second-order valence-electron chi connectivity index (χ2n) is 4.41. The van der Waals surface area contributed by atoms with Crippen molar-refractivity contribution in [3.8, 4) is 11.5 Å². The molecule has 110 valence electrons. The molecule has 2 aromatic rings. The van der Waals surface area contributed by atoms with E-state index in [1.807, 2.05) is 6.92 Å². The highest BCUT2D eigenvalue weighted by Gasteiger charge is 2.11. The molecule has 7 heteroatoms. The lowest BCUT2D eigenvalue weighted by Gasteiger charge is -2.04. The van der Waals surface area contributed by atoms with Crippen molar-refractivity contribution in [3.05, 3.63) is 53.6 Å². The van der Waals surface area contributed by atoms with Crippen LogP contribution >= 0.6 is 0 Å². The van der Waals surface area contributed by atoms with E-state index in [-0.39, 0.29) is 22.0 Å². The number of sulfonamides is 1. The molecule has 0 saturated heterocycles. The fraction of sp³-hybridized carbons (Fsp3) is 0.0714. The number of nitrogens with one attached hydrogen (secondary N) is 1. The SMILES string of the molecule is Cc1ccc(S(=O)(=O)NN=Cc2ccc(O)cc2O)cc1. The first-order chi connectivity index (χ1) is 9.88. The maximum absolute atomic E-state index is 11.9. The molecule has 0 aliphatic heterocycles. The van der Waals surface area contributed by atoms with Crippen LogP contribution in [0, 0.1) is 6.92 Å². The molecule has 0 amide bonds. The zero-order chi connectivity index (χ0) is 15.5. The first-order valence-corrected chi connectivity index (χ1v) is 7.50.